The van der Waals surface area contributed by atoms with Crippen molar-refractivity contribution in [3.05, 3.63) is 30.1 Å². The summed E-state index contributed by atoms with van der Waals surface area (Å²) < 4.78 is 5.45. The van der Waals surface area contributed by atoms with Crippen LogP contribution in [-0.2, 0) is 16.1 Å². The van der Waals surface area contributed by atoms with Gasteiger partial charge in [0.05, 0.1) is 12.5 Å². The van der Waals surface area contributed by atoms with E-state index in [2.05, 4.69) is 26.9 Å². The topological polar surface area (TPSA) is 45.7 Å². The van der Waals surface area contributed by atoms with Crippen molar-refractivity contribution in [3.8, 4) is 0 Å². The number of nitrogens with zero attached hydrogens (tertiary/aromatic N) is 3. The van der Waals surface area contributed by atoms with Crippen molar-refractivity contribution in [2.75, 3.05) is 39.9 Å². The number of aromatic nitrogens is 1. The van der Waals surface area contributed by atoms with Crippen molar-refractivity contribution in [2.45, 2.75) is 32.2 Å². The predicted molar refractivity (Wildman–Crippen MR) is 95.9 cm³/mol. The van der Waals surface area contributed by atoms with Crippen LogP contribution in [0.1, 0.15) is 31.2 Å². The molecule has 3 aliphatic rings. The Balaban J connectivity index is 1.41. The molecule has 4 rings (SSSR count). The fourth-order valence-electron chi connectivity index (χ4n) is 4.64. The smallest absolute Gasteiger partial charge is 0.228 e. The number of rotatable bonds is 6. The first-order valence-electron chi connectivity index (χ1n) is 9.59. The monoisotopic (exact) mass is 343 g/mol. The molecule has 1 atom stereocenters. The Hall–Kier alpha value is -1.46. The summed E-state index contributed by atoms with van der Waals surface area (Å²) in [7, 11) is 1.73. The number of ether oxygens (including phenoxy) is 1. The lowest BCUT2D eigenvalue weighted by atomic mass is 9.71. The van der Waals surface area contributed by atoms with E-state index >= 15 is 0 Å². The molecule has 0 aromatic carbocycles. The molecular weight excluding hydrogens is 314 g/mol. The minimum Gasteiger partial charge on any atom is -0.384 e. The molecule has 0 unspecified atom stereocenters. The zero-order chi connectivity index (χ0) is 17.3. The third kappa shape index (κ3) is 3.58. The van der Waals surface area contributed by atoms with E-state index in [-0.39, 0.29) is 11.3 Å². The summed E-state index contributed by atoms with van der Waals surface area (Å²) in [5, 5.41) is 0. The molecule has 0 bridgehead atoms. The molecule has 5 heteroatoms. The van der Waals surface area contributed by atoms with Gasteiger partial charge in [0.2, 0.25) is 5.91 Å². The summed E-state index contributed by atoms with van der Waals surface area (Å²) in [6.07, 6.45) is 8.51. The molecule has 1 saturated carbocycles. The normalized spacial score (nSPS) is 26.5. The lowest BCUT2D eigenvalue weighted by Crippen LogP contribution is -2.45. The number of hydrogen-bond donors (Lipinski definition) is 0. The summed E-state index contributed by atoms with van der Waals surface area (Å²) in [4.78, 5) is 21.7. The fraction of sp³-hybridized carbons (Fsp3) is 0.700. The average Bonchev–Trinajstić information content (AvgIpc) is 3.41. The van der Waals surface area contributed by atoms with Gasteiger partial charge < -0.3 is 9.64 Å². The van der Waals surface area contributed by atoms with Crippen LogP contribution in [0.15, 0.2) is 24.5 Å². The highest BCUT2D eigenvalue weighted by Crippen LogP contribution is 2.46. The Morgan fingerprint density at radius 2 is 1.96 bits per heavy atom. The van der Waals surface area contributed by atoms with Crippen molar-refractivity contribution in [1.82, 2.24) is 14.8 Å². The number of carbonyl (C=O) groups is 1. The second kappa shape index (κ2) is 7.04. The molecule has 2 aliphatic heterocycles. The molecule has 0 N–H and O–H groups in total. The maximum atomic E-state index is 12.9. The number of hydrogen-bond acceptors (Lipinski definition) is 4. The summed E-state index contributed by atoms with van der Waals surface area (Å²) in [6.45, 7) is 5.60. The number of likely N-dealkylation sites (tertiary alicyclic amines) is 2. The molecule has 136 valence electrons. The number of amides is 1. The van der Waals surface area contributed by atoms with Gasteiger partial charge in [-0.05, 0) is 62.4 Å². The third-order valence-electron chi connectivity index (χ3n) is 6.37. The molecule has 1 aromatic rings. The SMILES string of the molecule is COC[C@H]1C(=O)N(CC2CC2)CC12CCN(Cc1ccncc1)CC2. The number of carbonyl (C=O) groups excluding carboxylic acids is 1. The minimum absolute atomic E-state index is 0.0549. The standard InChI is InChI=1S/C20H29N3O2/c1-25-14-18-19(24)23(13-16-2-3-16)15-20(18)6-10-22(11-7-20)12-17-4-8-21-9-5-17/h4-5,8-9,16,18H,2-3,6-7,10-15H2,1H3/t18-/m0/s1. The first kappa shape index (κ1) is 17.0. The van der Waals surface area contributed by atoms with Crippen LogP contribution in [0.25, 0.3) is 0 Å². The van der Waals surface area contributed by atoms with Crippen LogP contribution < -0.4 is 0 Å². The molecule has 3 heterocycles. The van der Waals surface area contributed by atoms with Gasteiger partial charge in [0.1, 0.15) is 0 Å². The van der Waals surface area contributed by atoms with Crippen LogP contribution >= 0.6 is 0 Å². The molecule has 1 aliphatic carbocycles. The fourth-order valence-corrected chi connectivity index (χ4v) is 4.64. The molecule has 25 heavy (non-hydrogen) atoms. The maximum absolute atomic E-state index is 12.9. The van der Waals surface area contributed by atoms with E-state index in [4.69, 9.17) is 4.74 Å². The van der Waals surface area contributed by atoms with Crippen LogP contribution in [0.2, 0.25) is 0 Å². The van der Waals surface area contributed by atoms with Crippen LogP contribution in [0.3, 0.4) is 0 Å². The zero-order valence-electron chi connectivity index (χ0n) is 15.2. The molecule has 5 nitrogen and oxygen atoms in total. The Morgan fingerprint density at radius 1 is 1.24 bits per heavy atom. The van der Waals surface area contributed by atoms with Crippen LogP contribution in [0, 0.1) is 17.3 Å². The molecule has 3 fully saturated rings. The molecule has 0 radical (unpaired) electrons. The van der Waals surface area contributed by atoms with E-state index in [0.717, 1.165) is 51.5 Å². The third-order valence-corrected chi connectivity index (χ3v) is 6.37. The highest BCUT2D eigenvalue weighted by molar-refractivity contribution is 5.82. The molecule has 1 spiro atoms. The largest absolute Gasteiger partial charge is 0.384 e. The van der Waals surface area contributed by atoms with Gasteiger partial charge in [-0.2, -0.15) is 0 Å². The first-order chi connectivity index (χ1) is 12.2. The van der Waals surface area contributed by atoms with Gasteiger partial charge in [0.15, 0.2) is 0 Å². The van der Waals surface area contributed by atoms with Crippen molar-refractivity contribution in [3.63, 3.8) is 0 Å². The van der Waals surface area contributed by atoms with Crippen molar-refractivity contribution >= 4 is 5.91 Å². The molecule has 1 amide bonds. The lowest BCUT2D eigenvalue weighted by Gasteiger charge is -2.41. The van der Waals surface area contributed by atoms with Crippen molar-refractivity contribution in [2.24, 2.45) is 17.3 Å². The van der Waals surface area contributed by atoms with Gasteiger partial charge >= 0.3 is 0 Å². The van der Waals surface area contributed by atoms with E-state index < -0.39 is 0 Å². The van der Waals surface area contributed by atoms with Crippen LogP contribution in [0.4, 0.5) is 0 Å². The maximum Gasteiger partial charge on any atom is 0.228 e. The number of piperidine rings is 1. The molecule has 2 saturated heterocycles. The summed E-state index contributed by atoms with van der Waals surface area (Å²) in [5.41, 5.74) is 1.44. The summed E-state index contributed by atoms with van der Waals surface area (Å²) in [5.74, 6) is 1.16. The zero-order valence-corrected chi connectivity index (χ0v) is 15.2. The van der Waals surface area contributed by atoms with Crippen LogP contribution in [0.5, 0.6) is 0 Å². The van der Waals surface area contributed by atoms with E-state index in [9.17, 15) is 4.79 Å². The van der Waals surface area contributed by atoms with Gasteiger partial charge in [0, 0.05) is 44.6 Å². The van der Waals surface area contributed by atoms with Gasteiger partial charge in [-0.1, -0.05) is 0 Å². The highest BCUT2D eigenvalue weighted by atomic mass is 16.5. The van der Waals surface area contributed by atoms with E-state index in [1.54, 1.807) is 7.11 Å². The molecule has 1 aromatic heterocycles. The second-order valence-electron chi connectivity index (χ2n) is 8.16. The highest BCUT2D eigenvalue weighted by Gasteiger charge is 2.53. The Kier molecular flexibility index (Phi) is 4.78. The van der Waals surface area contributed by atoms with E-state index in [0.29, 0.717) is 12.5 Å². The molecular formula is C20H29N3O2. The van der Waals surface area contributed by atoms with Crippen LogP contribution in [-0.4, -0.2) is 60.6 Å². The Morgan fingerprint density at radius 3 is 2.60 bits per heavy atom. The summed E-state index contributed by atoms with van der Waals surface area (Å²) in [6, 6.07) is 4.18. The minimum atomic E-state index is 0.0549. The Bertz CT molecular complexity index is 594. The van der Waals surface area contributed by atoms with Gasteiger partial charge in [-0.3, -0.25) is 14.7 Å². The average molecular weight is 343 g/mol. The predicted octanol–water partition coefficient (Wildman–Crippen LogP) is 2.18. The lowest BCUT2D eigenvalue weighted by molar-refractivity contribution is -0.133. The second-order valence-corrected chi connectivity index (χ2v) is 8.16. The van der Waals surface area contributed by atoms with Crippen molar-refractivity contribution in [1.29, 1.82) is 0 Å². The Labute approximate surface area is 150 Å². The van der Waals surface area contributed by atoms with Crippen molar-refractivity contribution < 1.29 is 9.53 Å². The quantitative estimate of drug-likeness (QED) is 0.794. The van der Waals surface area contributed by atoms with Gasteiger partial charge in [0.25, 0.3) is 0 Å². The first-order valence-corrected chi connectivity index (χ1v) is 9.59. The van der Waals surface area contributed by atoms with Gasteiger partial charge in [-0.15, -0.1) is 0 Å². The number of methoxy groups -OCH3 is 1. The van der Waals surface area contributed by atoms with E-state index in [1.165, 1.54) is 18.4 Å². The van der Waals surface area contributed by atoms with E-state index in [1.807, 2.05) is 12.4 Å². The van der Waals surface area contributed by atoms with Gasteiger partial charge in [-0.25, -0.2) is 0 Å². The summed E-state index contributed by atoms with van der Waals surface area (Å²) >= 11 is 0. The number of pyridine rings is 1.